The number of halogens is 1. The molecule has 1 heterocycles. The van der Waals surface area contributed by atoms with Crippen LogP contribution in [0.25, 0.3) is 0 Å². The van der Waals surface area contributed by atoms with E-state index in [0.29, 0.717) is 17.7 Å². The van der Waals surface area contributed by atoms with Crippen molar-refractivity contribution in [3.63, 3.8) is 0 Å². The van der Waals surface area contributed by atoms with Gasteiger partial charge in [-0.3, -0.25) is 9.59 Å². The van der Waals surface area contributed by atoms with Gasteiger partial charge in [0.25, 0.3) is 5.91 Å². The highest BCUT2D eigenvalue weighted by molar-refractivity contribution is 6.52. The molecule has 1 atom stereocenters. The van der Waals surface area contributed by atoms with E-state index < -0.39 is 10.8 Å². The van der Waals surface area contributed by atoms with Crippen molar-refractivity contribution in [1.82, 2.24) is 0 Å². The van der Waals surface area contributed by atoms with Gasteiger partial charge in [0, 0.05) is 5.56 Å². The molecule has 0 aliphatic carbocycles. The van der Waals surface area contributed by atoms with E-state index in [1.807, 2.05) is 0 Å². The summed E-state index contributed by atoms with van der Waals surface area (Å²) in [5, 5.41) is 2.74. The number of hydrogen-bond donors (Lipinski definition) is 1. The number of anilines is 1. The second kappa shape index (κ2) is 6.40. The highest BCUT2D eigenvalue weighted by Crippen LogP contribution is 2.35. The van der Waals surface area contributed by atoms with Crippen molar-refractivity contribution in [2.24, 2.45) is 0 Å². The summed E-state index contributed by atoms with van der Waals surface area (Å²) in [5.74, 6) is -0.660. The van der Waals surface area contributed by atoms with Crippen molar-refractivity contribution in [1.29, 1.82) is 0 Å². The minimum absolute atomic E-state index is 0.269. The summed E-state index contributed by atoms with van der Waals surface area (Å²) in [7, 11) is 0. The summed E-state index contributed by atoms with van der Waals surface area (Å²) >= 11 is 6.35. The molecule has 1 N–H and O–H groups in total. The number of para-hydroxylation sites is 1. The van der Waals surface area contributed by atoms with E-state index in [9.17, 15) is 9.59 Å². The Morgan fingerprint density at radius 2 is 1.80 bits per heavy atom. The maximum Gasteiger partial charge on any atom is 0.253 e. The summed E-state index contributed by atoms with van der Waals surface area (Å²) in [6, 6.07) is 7.01. The van der Waals surface area contributed by atoms with Crippen LogP contribution < -0.4 is 5.32 Å². The normalized spacial score (nSPS) is 21.5. The highest BCUT2D eigenvalue weighted by Gasteiger charge is 2.47. The number of hydrogen-bond acceptors (Lipinski definition) is 2. The van der Waals surface area contributed by atoms with Crippen molar-refractivity contribution in [2.45, 2.75) is 50.3 Å². The van der Waals surface area contributed by atoms with Crippen molar-refractivity contribution in [3.05, 3.63) is 29.8 Å². The molecule has 3 nitrogen and oxygen atoms in total. The lowest BCUT2D eigenvalue weighted by Crippen LogP contribution is -2.48. The fraction of sp³-hybridized carbons (Fsp3) is 0.500. The van der Waals surface area contributed by atoms with E-state index in [4.69, 9.17) is 11.6 Å². The minimum Gasteiger partial charge on any atom is -0.323 e. The molecule has 4 heteroatoms. The van der Waals surface area contributed by atoms with E-state index in [1.165, 1.54) is 12.8 Å². The van der Waals surface area contributed by atoms with Crippen molar-refractivity contribution in [2.75, 3.05) is 5.32 Å². The molecule has 0 saturated carbocycles. The van der Waals surface area contributed by atoms with Gasteiger partial charge in [-0.25, -0.2) is 0 Å². The highest BCUT2D eigenvalue weighted by atomic mass is 35.5. The van der Waals surface area contributed by atoms with Gasteiger partial charge in [-0.05, 0) is 18.6 Å². The van der Waals surface area contributed by atoms with E-state index in [0.717, 1.165) is 19.3 Å². The molecule has 0 aromatic heterocycles. The first-order valence-corrected chi connectivity index (χ1v) is 7.61. The second-order valence-electron chi connectivity index (χ2n) is 5.29. The Morgan fingerprint density at radius 3 is 2.55 bits per heavy atom. The number of Topliss-reactive ketones (excluding diaryl/α,β-unsaturated/α-hetero) is 1. The molecule has 0 spiro atoms. The zero-order valence-electron chi connectivity index (χ0n) is 11.7. The summed E-state index contributed by atoms with van der Waals surface area (Å²) in [5.41, 5.74) is 1.07. The third kappa shape index (κ3) is 2.88. The second-order valence-corrected chi connectivity index (χ2v) is 5.94. The lowest BCUT2D eigenvalue weighted by atomic mass is 9.86. The molecule has 1 aliphatic rings. The third-order valence-corrected chi connectivity index (χ3v) is 4.30. The largest absolute Gasteiger partial charge is 0.323 e. The zero-order chi connectivity index (χ0) is 14.6. The van der Waals surface area contributed by atoms with E-state index >= 15 is 0 Å². The molecule has 1 amide bonds. The quantitative estimate of drug-likeness (QED) is 0.486. The minimum atomic E-state index is -1.43. The van der Waals surface area contributed by atoms with Gasteiger partial charge in [-0.15, -0.1) is 0 Å². The molecule has 1 aromatic carbocycles. The number of carbonyl (C=O) groups excluding carboxylic acids is 2. The lowest BCUT2D eigenvalue weighted by Gasteiger charge is -2.30. The van der Waals surface area contributed by atoms with Gasteiger partial charge in [-0.2, -0.15) is 0 Å². The van der Waals surface area contributed by atoms with Crippen LogP contribution in [0.5, 0.6) is 0 Å². The Hall–Kier alpha value is -1.35. The smallest absolute Gasteiger partial charge is 0.253 e. The Labute approximate surface area is 124 Å². The van der Waals surface area contributed by atoms with Crippen LogP contribution in [0.1, 0.15) is 55.8 Å². The topological polar surface area (TPSA) is 46.2 Å². The number of carbonyl (C=O) groups is 2. The van der Waals surface area contributed by atoms with Gasteiger partial charge in [0.15, 0.2) is 10.7 Å². The van der Waals surface area contributed by atoms with Crippen molar-refractivity contribution in [3.8, 4) is 0 Å². The number of nitrogens with one attached hydrogen (secondary N) is 1. The maximum atomic E-state index is 12.5. The first kappa shape index (κ1) is 15.0. The first-order valence-electron chi connectivity index (χ1n) is 7.24. The molecular formula is C16H20ClNO2. The van der Waals surface area contributed by atoms with Gasteiger partial charge >= 0.3 is 0 Å². The summed E-state index contributed by atoms with van der Waals surface area (Å²) in [6.45, 7) is 2.15. The average Bonchev–Trinajstić information content (AvgIpc) is 2.45. The molecule has 0 fully saturated rings. The fourth-order valence-electron chi connectivity index (χ4n) is 2.53. The fourth-order valence-corrected chi connectivity index (χ4v) is 2.81. The molecule has 1 aromatic rings. The van der Waals surface area contributed by atoms with Gasteiger partial charge in [0.05, 0.1) is 5.69 Å². The molecular weight excluding hydrogens is 274 g/mol. The number of unbranched alkanes of at least 4 members (excludes halogenated alkanes) is 4. The predicted molar refractivity (Wildman–Crippen MR) is 81.4 cm³/mol. The Balaban J connectivity index is 2.07. The number of amides is 1. The van der Waals surface area contributed by atoms with E-state index in [-0.39, 0.29) is 5.78 Å². The zero-order valence-corrected chi connectivity index (χ0v) is 12.5. The molecule has 1 aliphatic heterocycles. The van der Waals surface area contributed by atoms with Gasteiger partial charge < -0.3 is 5.32 Å². The van der Waals surface area contributed by atoms with Gasteiger partial charge in [0.1, 0.15) is 0 Å². The number of ketones is 1. The van der Waals surface area contributed by atoms with Crippen LogP contribution in [-0.4, -0.2) is 16.6 Å². The molecule has 108 valence electrons. The van der Waals surface area contributed by atoms with Gasteiger partial charge in [-0.1, -0.05) is 62.8 Å². The number of fused-ring (bicyclic) bond motifs is 1. The van der Waals surface area contributed by atoms with Crippen LogP contribution in [-0.2, 0) is 4.79 Å². The number of rotatable bonds is 6. The summed E-state index contributed by atoms with van der Waals surface area (Å²) < 4.78 is 0. The predicted octanol–water partition coefficient (Wildman–Crippen LogP) is 4.16. The summed E-state index contributed by atoms with van der Waals surface area (Å²) in [4.78, 5) is 23.2. The molecule has 1 unspecified atom stereocenters. The SMILES string of the molecule is CCCCCCCC1(Cl)C(=O)Nc2ccccc2C1=O. The molecule has 0 radical (unpaired) electrons. The van der Waals surface area contributed by atoms with Crippen LogP contribution in [0.4, 0.5) is 5.69 Å². The number of benzene rings is 1. The Kier molecular flexibility index (Phi) is 4.81. The standard InChI is InChI=1S/C16H20ClNO2/c1-2-3-4-5-8-11-16(17)14(19)12-9-6-7-10-13(12)18-15(16)20/h6-7,9-10H,2-5,8,11H2,1H3,(H,18,20). The lowest BCUT2D eigenvalue weighted by molar-refractivity contribution is -0.117. The van der Waals surface area contributed by atoms with Crippen LogP contribution in [0.2, 0.25) is 0 Å². The van der Waals surface area contributed by atoms with Crippen LogP contribution in [0, 0.1) is 0 Å². The first-order chi connectivity index (χ1) is 9.59. The Bertz CT molecular complexity index is 515. The van der Waals surface area contributed by atoms with E-state index in [1.54, 1.807) is 24.3 Å². The van der Waals surface area contributed by atoms with Crippen LogP contribution in [0.3, 0.4) is 0 Å². The van der Waals surface area contributed by atoms with E-state index in [2.05, 4.69) is 12.2 Å². The molecule has 20 heavy (non-hydrogen) atoms. The monoisotopic (exact) mass is 293 g/mol. The summed E-state index contributed by atoms with van der Waals surface area (Å²) in [6.07, 6.45) is 5.67. The average molecular weight is 294 g/mol. The third-order valence-electron chi connectivity index (χ3n) is 3.76. The number of alkyl halides is 1. The maximum absolute atomic E-state index is 12.5. The van der Waals surface area contributed by atoms with Crippen molar-refractivity contribution >= 4 is 29.0 Å². The van der Waals surface area contributed by atoms with Crippen molar-refractivity contribution < 1.29 is 9.59 Å². The molecule has 0 saturated heterocycles. The van der Waals surface area contributed by atoms with Gasteiger partial charge in [0.2, 0.25) is 0 Å². The van der Waals surface area contributed by atoms with Crippen LogP contribution in [0.15, 0.2) is 24.3 Å². The van der Waals surface area contributed by atoms with Crippen LogP contribution >= 0.6 is 11.6 Å². The molecule has 2 rings (SSSR count). The molecule has 0 bridgehead atoms. The Morgan fingerprint density at radius 1 is 1.10 bits per heavy atom.